The van der Waals surface area contributed by atoms with E-state index in [0.717, 1.165) is 31.9 Å². The molecule has 0 spiro atoms. The van der Waals surface area contributed by atoms with Crippen molar-refractivity contribution in [3.05, 3.63) is 70.8 Å². The molecule has 0 radical (unpaired) electrons. The van der Waals surface area contributed by atoms with Gasteiger partial charge in [0, 0.05) is 30.6 Å². The smallest absolute Gasteiger partial charge is 0.432 e. The molecule has 2 aliphatic rings. The van der Waals surface area contributed by atoms with Crippen LogP contribution in [0.3, 0.4) is 0 Å². The van der Waals surface area contributed by atoms with E-state index >= 15 is 0 Å². The van der Waals surface area contributed by atoms with E-state index in [4.69, 9.17) is 14.2 Å². The number of fused-ring (bicyclic) bond motifs is 1. The van der Waals surface area contributed by atoms with E-state index in [1.807, 2.05) is 6.92 Å². The Morgan fingerprint density at radius 3 is 2.34 bits per heavy atom. The van der Waals surface area contributed by atoms with Crippen LogP contribution in [0.5, 0.6) is 0 Å². The second-order valence-electron chi connectivity index (χ2n) is 10.5. The van der Waals surface area contributed by atoms with Gasteiger partial charge in [0.1, 0.15) is 12.2 Å². The summed E-state index contributed by atoms with van der Waals surface area (Å²) in [5, 5.41) is 0. The third-order valence-electron chi connectivity index (χ3n) is 7.38. The molecule has 0 fully saturated rings. The Balaban J connectivity index is 2.01. The van der Waals surface area contributed by atoms with Crippen LogP contribution in [0.2, 0.25) is 0 Å². The molecule has 0 aromatic heterocycles. The van der Waals surface area contributed by atoms with Gasteiger partial charge in [-0.15, -0.1) is 0 Å². The van der Waals surface area contributed by atoms with Gasteiger partial charge in [-0.25, -0.2) is 9.59 Å². The van der Waals surface area contributed by atoms with Crippen molar-refractivity contribution in [2.45, 2.75) is 83.8 Å². The highest BCUT2D eigenvalue weighted by atomic mass is 19.4. The van der Waals surface area contributed by atoms with Gasteiger partial charge in [0.2, 0.25) is 0 Å². The highest BCUT2D eigenvalue weighted by molar-refractivity contribution is 5.91. The molecule has 0 N–H and O–H groups in total. The number of halogens is 3. The van der Waals surface area contributed by atoms with E-state index in [1.54, 1.807) is 18.2 Å². The van der Waals surface area contributed by atoms with Crippen molar-refractivity contribution in [1.29, 1.82) is 0 Å². The molecule has 38 heavy (non-hydrogen) atoms. The van der Waals surface area contributed by atoms with Crippen molar-refractivity contribution in [3.8, 4) is 0 Å². The SMILES string of the molecule is CO[C@](C(=O)O[C@H]1/C=C(/C)CC/C=C(/C)CC[C@@H](C(C)C)[C@H]2C=C(C1)C(=O)O2)(c1ccccc1)C(F)(F)F. The summed E-state index contributed by atoms with van der Waals surface area (Å²) in [6, 6.07) is 6.69. The lowest BCUT2D eigenvalue weighted by Crippen LogP contribution is -2.52. The van der Waals surface area contributed by atoms with Crippen molar-refractivity contribution in [2.75, 3.05) is 7.11 Å². The lowest BCUT2D eigenvalue weighted by Gasteiger charge is -2.33. The van der Waals surface area contributed by atoms with E-state index in [-0.39, 0.29) is 23.8 Å². The maximum absolute atomic E-state index is 14.4. The number of benzene rings is 1. The van der Waals surface area contributed by atoms with E-state index in [0.29, 0.717) is 12.0 Å². The predicted molar refractivity (Wildman–Crippen MR) is 138 cm³/mol. The first-order valence-electron chi connectivity index (χ1n) is 13.0. The highest BCUT2D eigenvalue weighted by Gasteiger charge is 2.64. The Morgan fingerprint density at radius 1 is 1.05 bits per heavy atom. The zero-order chi connectivity index (χ0) is 28.1. The standard InChI is InChI=1S/C30H37F3O5/c1-19(2)25-15-14-20(3)10-9-11-21(4)16-24(17-22-18-26(25)38-27(22)34)37-28(35)29(36-5,30(31,32)33)23-12-7-6-8-13-23/h6-8,10,12-13,16,18-19,24-26H,9,11,14-15,17H2,1-5H3/b20-10-,21-16-/t24-,25-,26+,29-/m0/s1. The van der Waals surface area contributed by atoms with E-state index in [9.17, 15) is 22.8 Å². The molecular formula is C30H37F3O5. The van der Waals surface area contributed by atoms with Gasteiger partial charge >= 0.3 is 18.1 Å². The number of ether oxygens (including phenoxy) is 3. The second-order valence-corrected chi connectivity index (χ2v) is 10.5. The first-order chi connectivity index (χ1) is 17.9. The lowest BCUT2D eigenvalue weighted by atomic mass is 9.84. The predicted octanol–water partition coefficient (Wildman–Crippen LogP) is 6.98. The van der Waals surface area contributed by atoms with Gasteiger partial charge in [0.05, 0.1) is 0 Å². The summed E-state index contributed by atoms with van der Waals surface area (Å²) in [7, 11) is 0.832. The summed E-state index contributed by atoms with van der Waals surface area (Å²) in [6.07, 6.45) is 1.89. The van der Waals surface area contributed by atoms with E-state index in [1.165, 1.54) is 29.8 Å². The monoisotopic (exact) mass is 534 g/mol. The molecule has 1 aromatic rings. The maximum atomic E-state index is 14.4. The molecular weight excluding hydrogens is 497 g/mol. The lowest BCUT2D eigenvalue weighted by molar-refractivity contribution is -0.277. The third-order valence-corrected chi connectivity index (χ3v) is 7.38. The van der Waals surface area contributed by atoms with Gasteiger partial charge in [0.25, 0.3) is 5.60 Å². The van der Waals surface area contributed by atoms with E-state index < -0.39 is 35.9 Å². The molecule has 1 aliphatic carbocycles. The summed E-state index contributed by atoms with van der Waals surface area (Å²) in [4.78, 5) is 26.1. The number of carbonyl (C=O) groups is 2. The van der Waals surface area contributed by atoms with Crippen molar-refractivity contribution < 1.29 is 37.0 Å². The summed E-state index contributed by atoms with van der Waals surface area (Å²) in [5.74, 6) is -1.79. The largest absolute Gasteiger partial charge is 0.455 e. The molecule has 1 heterocycles. The molecule has 3 rings (SSSR count). The van der Waals surface area contributed by atoms with Crippen LogP contribution in [-0.4, -0.2) is 37.4 Å². The van der Waals surface area contributed by atoms with Crippen LogP contribution in [0.15, 0.2) is 65.3 Å². The molecule has 1 aromatic carbocycles. The second kappa shape index (κ2) is 12.3. The first kappa shape index (κ1) is 29.7. The van der Waals surface area contributed by atoms with Crippen LogP contribution in [0.1, 0.15) is 65.4 Å². The van der Waals surface area contributed by atoms with Gasteiger partial charge < -0.3 is 14.2 Å². The number of allylic oxidation sites excluding steroid dienone is 3. The van der Waals surface area contributed by atoms with Crippen LogP contribution in [0.25, 0.3) is 0 Å². The van der Waals surface area contributed by atoms with E-state index in [2.05, 4.69) is 26.8 Å². The van der Waals surface area contributed by atoms with Gasteiger partial charge in [-0.2, -0.15) is 13.2 Å². The molecule has 0 amide bonds. The van der Waals surface area contributed by atoms with Crippen molar-refractivity contribution in [2.24, 2.45) is 11.8 Å². The van der Waals surface area contributed by atoms with Gasteiger partial charge in [-0.1, -0.05) is 61.4 Å². The number of rotatable bonds is 5. The Kier molecular flexibility index (Phi) is 9.63. The zero-order valence-electron chi connectivity index (χ0n) is 22.6. The van der Waals surface area contributed by atoms with Crippen LogP contribution < -0.4 is 0 Å². The molecule has 2 bridgehead atoms. The van der Waals surface area contributed by atoms with Crippen molar-refractivity contribution in [3.63, 3.8) is 0 Å². The Morgan fingerprint density at radius 2 is 1.74 bits per heavy atom. The zero-order valence-corrected chi connectivity index (χ0v) is 22.6. The number of alkyl halides is 3. The fraction of sp³-hybridized carbons (Fsp3) is 0.533. The summed E-state index contributed by atoms with van der Waals surface area (Å²) < 4.78 is 59.4. The Labute approximate surface area is 222 Å². The highest BCUT2D eigenvalue weighted by Crippen LogP contribution is 2.43. The molecule has 4 atom stereocenters. The van der Waals surface area contributed by atoms with Crippen LogP contribution in [0, 0.1) is 11.8 Å². The molecule has 0 saturated heterocycles. The molecule has 8 heteroatoms. The molecule has 1 aliphatic heterocycles. The third kappa shape index (κ3) is 6.57. The number of hydrogen-bond acceptors (Lipinski definition) is 5. The molecule has 208 valence electrons. The van der Waals surface area contributed by atoms with Gasteiger partial charge in [0.15, 0.2) is 0 Å². The van der Waals surface area contributed by atoms with Crippen LogP contribution in [0.4, 0.5) is 13.2 Å². The summed E-state index contributed by atoms with van der Waals surface area (Å²) in [5.41, 5.74) is -1.34. The minimum Gasteiger partial charge on any atom is -0.455 e. The maximum Gasteiger partial charge on any atom is 0.432 e. The minimum absolute atomic E-state index is 0.0884. The molecule has 5 nitrogen and oxygen atoms in total. The first-order valence-corrected chi connectivity index (χ1v) is 13.0. The molecule has 0 unspecified atom stereocenters. The average molecular weight is 535 g/mol. The van der Waals surface area contributed by atoms with Crippen LogP contribution in [-0.2, 0) is 29.4 Å². The normalized spacial score (nSPS) is 27.7. The van der Waals surface area contributed by atoms with Gasteiger partial charge in [-0.05, 0) is 57.6 Å². The Hall–Kier alpha value is -2.87. The number of esters is 2. The topological polar surface area (TPSA) is 61.8 Å². The molecule has 0 saturated carbocycles. The number of hydrogen-bond donors (Lipinski definition) is 0. The van der Waals surface area contributed by atoms with Crippen molar-refractivity contribution in [1.82, 2.24) is 0 Å². The summed E-state index contributed by atoms with van der Waals surface area (Å²) in [6.45, 7) is 8.06. The quantitative estimate of drug-likeness (QED) is 0.301. The summed E-state index contributed by atoms with van der Waals surface area (Å²) >= 11 is 0. The average Bonchev–Trinajstić information content (AvgIpc) is 3.18. The number of methoxy groups -OCH3 is 1. The minimum atomic E-state index is -5.09. The fourth-order valence-corrected chi connectivity index (χ4v) is 5.14. The van der Waals surface area contributed by atoms with Crippen molar-refractivity contribution >= 4 is 11.9 Å². The number of carbonyl (C=O) groups excluding carboxylic acids is 2. The van der Waals surface area contributed by atoms with Crippen LogP contribution >= 0.6 is 0 Å². The Bertz CT molecular complexity index is 1090. The van der Waals surface area contributed by atoms with Gasteiger partial charge in [-0.3, -0.25) is 0 Å². The fourth-order valence-electron chi connectivity index (χ4n) is 5.14.